The number of fused-ring (bicyclic) bond motifs is 2. The van der Waals surface area contributed by atoms with Gasteiger partial charge >= 0.3 is 5.97 Å². The Bertz CT molecular complexity index is 755. The summed E-state index contributed by atoms with van der Waals surface area (Å²) in [7, 11) is 0. The number of carbonyl (C=O) groups excluding carboxylic acids is 3. The van der Waals surface area contributed by atoms with E-state index in [2.05, 4.69) is 5.32 Å². The number of aliphatic hydroxyl groups excluding tert-OH is 1. The summed E-state index contributed by atoms with van der Waals surface area (Å²) in [6.07, 6.45) is 4.91. The SMILES string of the molecule is CCOC(=O)[C@H](C)NC(=O)C1=C(O)C2(CCCC2)n2cccc2C1=O. The number of Topliss-reactive ketones (excluding diaryl/α,β-unsaturated/α-hetero) is 1. The summed E-state index contributed by atoms with van der Waals surface area (Å²) < 4.78 is 6.64. The summed E-state index contributed by atoms with van der Waals surface area (Å²) in [6.45, 7) is 3.35. The minimum atomic E-state index is -0.909. The highest BCUT2D eigenvalue weighted by Crippen LogP contribution is 2.46. The van der Waals surface area contributed by atoms with E-state index >= 15 is 0 Å². The number of rotatable bonds is 4. The first-order valence-electron chi connectivity index (χ1n) is 8.56. The molecule has 134 valence electrons. The van der Waals surface area contributed by atoms with Crippen molar-refractivity contribution in [3.05, 3.63) is 35.4 Å². The summed E-state index contributed by atoms with van der Waals surface area (Å²) in [6, 6.07) is 2.48. The van der Waals surface area contributed by atoms with Crippen LogP contribution in [0.2, 0.25) is 0 Å². The van der Waals surface area contributed by atoms with Crippen LogP contribution in [0.25, 0.3) is 0 Å². The minimum absolute atomic E-state index is 0.197. The molecule has 3 rings (SSSR count). The molecular weight excluding hydrogens is 324 g/mol. The highest BCUT2D eigenvalue weighted by molar-refractivity contribution is 6.26. The van der Waals surface area contributed by atoms with E-state index in [1.807, 2.05) is 0 Å². The van der Waals surface area contributed by atoms with Gasteiger partial charge in [0, 0.05) is 6.20 Å². The van der Waals surface area contributed by atoms with Crippen molar-refractivity contribution in [1.29, 1.82) is 0 Å². The highest BCUT2D eigenvalue weighted by Gasteiger charge is 2.48. The first-order valence-corrected chi connectivity index (χ1v) is 8.56. The molecule has 1 amide bonds. The van der Waals surface area contributed by atoms with Crippen LogP contribution >= 0.6 is 0 Å². The number of aliphatic hydroxyl groups is 1. The minimum Gasteiger partial charge on any atom is -0.509 e. The summed E-state index contributed by atoms with van der Waals surface area (Å²) in [5.41, 5.74) is -0.634. The van der Waals surface area contributed by atoms with Crippen LogP contribution in [0.5, 0.6) is 0 Å². The molecule has 0 unspecified atom stereocenters. The van der Waals surface area contributed by atoms with Crippen LogP contribution in [-0.4, -0.2) is 40.0 Å². The lowest BCUT2D eigenvalue weighted by atomic mass is 9.85. The fourth-order valence-corrected chi connectivity index (χ4v) is 3.76. The highest BCUT2D eigenvalue weighted by atomic mass is 16.5. The number of hydrogen-bond donors (Lipinski definition) is 2. The van der Waals surface area contributed by atoms with Crippen LogP contribution in [0.1, 0.15) is 50.0 Å². The average Bonchev–Trinajstić information content (AvgIpc) is 3.24. The molecule has 1 fully saturated rings. The maximum Gasteiger partial charge on any atom is 0.328 e. The second-order valence-electron chi connectivity index (χ2n) is 6.50. The molecular formula is C18H22N2O5. The van der Waals surface area contributed by atoms with Crippen molar-refractivity contribution in [3.63, 3.8) is 0 Å². The van der Waals surface area contributed by atoms with Crippen molar-refractivity contribution < 1.29 is 24.2 Å². The van der Waals surface area contributed by atoms with Gasteiger partial charge in [0.25, 0.3) is 5.91 Å². The maximum absolute atomic E-state index is 12.7. The molecule has 0 aromatic carbocycles. The smallest absolute Gasteiger partial charge is 0.328 e. The molecule has 7 nitrogen and oxygen atoms in total. The Morgan fingerprint density at radius 2 is 2.08 bits per heavy atom. The lowest BCUT2D eigenvalue weighted by Gasteiger charge is -2.36. The number of ketones is 1. The molecule has 1 atom stereocenters. The monoisotopic (exact) mass is 346 g/mol. The third kappa shape index (κ3) is 2.63. The molecule has 2 N–H and O–H groups in total. The molecule has 1 aliphatic heterocycles. The molecule has 1 aromatic heterocycles. The first-order chi connectivity index (χ1) is 11.9. The Morgan fingerprint density at radius 1 is 1.40 bits per heavy atom. The molecule has 1 saturated carbocycles. The largest absolute Gasteiger partial charge is 0.509 e. The summed E-state index contributed by atoms with van der Waals surface area (Å²) >= 11 is 0. The van der Waals surface area contributed by atoms with Crippen molar-refractivity contribution in [2.45, 2.75) is 51.1 Å². The molecule has 0 radical (unpaired) electrons. The van der Waals surface area contributed by atoms with Crippen LogP contribution in [0.15, 0.2) is 29.7 Å². The lowest BCUT2D eigenvalue weighted by Crippen LogP contribution is -2.46. The lowest BCUT2D eigenvalue weighted by molar-refractivity contribution is -0.146. The van der Waals surface area contributed by atoms with Crippen molar-refractivity contribution in [2.75, 3.05) is 6.61 Å². The van der Waals surface area contributed by atoms with Crippen LogP contribution in [0, 0.1) is 0 Å². The van der Waals surface area contributed by atoms with E-state index in [0.29, 0.717) is 18.5 Å². The normalized spacial score (nSPS) is 19.7. The predicted molar refractivity (Wildman–Crippen MR) is 89.1 cm³/mol. The van der Waals surface area contributed by atoms with E-state index < -0.39 is 29.2 Å². The van der Waals surface area contributed by atoms with Gasteiger partial charge in [0.1, 0.15) is 22.9 Å². The fraction of sp³-hybridized carbons (Fsp3) is 0.500. The average molecular weight is 346 g/mol. The molecule has 25 heavy (non-hydrogen) atoms. The van der Waals surface area contributed by atoms with Crippen molar-refractivity contribution >= 4 is 17.7 Å². The van der Waals surface area contributed by atoms with Crippen molar-refractivity contribution in [2.24, 2.45) is 0 Å². The zero-order valence-electron chi connectivity index (χ0n) is 14.4. The Hall–Kier alpha value is -2.57. The van der Waals surface area contributed by atoms with E-state index in [1.165, 1.54) is 6.92 Å². The van der Waals surface area contributed by atoms with Gasteiger partial charge in [0.2, 0.25) is 5.78 Å². The van der Waals surface area contributed by atoms with E-state index in [9.17, 15) is 19.5 Å². The second-order valence-corrected chi connectivity index (χ2v) is 6.50. The third-order valence-corrected chi connectivity index (χ3v) is 4.99. The Kier molecular flexibility index (Phi) is 4.41. The van der Waals surface area contributed by atoms with Crippen molar-refractivity contribution in [3.8, 4) is 0 Å². The van der Waals surface area contributed by atoms with Gasteiger partial charge in [0.15, 0.2) is 0 Å². The number of nitrogens with one attached hydrogen (secondary N) is 1. The van der Waals surface area contributed by atoms with Gasteiger partial charge < -0.3 is 19.7 Å². The number of hydrogen-bond acceptors (Lipinski definition) is 5. The molecule has 7 heteroatoms. The Morgan fingerprint density at radius 3 is 2.72 bits per heavy atom. The van der Waals surface area contributed by atoms with Gasteiger partial charge in [-0.2, -0.15) is 0 Å². The van der Waals surface area contributed by atoms with E-state index in [0.717, 1.165) is 12.8 Å². The number of carbonyl (C=O) groups is 3. The van der Waals surface area contributed by atoms with E-state index in [1.54, 1.807) is 29.8 Å². The second kappa shape index (κ2) is 6.38. The van der Waals surface area contributed by atoms with Gasteiger partial charge in [-0.3, -0.25) is 9.59 Å². The molecule has 2 aliphatic rings. The Labute approximate surface area is 145 Å². The number of allylic oxidation sites excluding steroid dienone is 1. The third-order valence-electron chi connectivity index (χ3n) is 4.99. The van der Waals surface area contributed by atoms with Gasteiger partial charge in [-0.1, -0.05) is 12.8 Å². The summed E-state index contributed by atoms with van der Waals surface area (Å²) in [5.74, 6) is -2.07. The number of aromatic nitrogens is 1. The summed E-state index contributed by atoms with van der Waals surface area (Å²) in [5, 5.41) is 13.3. The fourth-order valence-electron chi connectivity index (χ4n) is 3.76. The number of amides is 1. The van der Waals surface area contributed by atoms with Gasteiger partial charge in [-0.05, 0) is 38.8 Å². The topological polar surface area (TPSA) is 97.6 Å². The number of nitrogens with zero attached hydrogens (tertiary/aromatic N) is 1. The van der Waals surface area contributed by atoms with E-state index in [-0.39, 0.29) is 17.9 Å². The maximum atomic E-state index is 12.7. The predicted octanol–water partition coefficient (Wildman–Crippen LogP) is 1.83. The molecule has 0 saturated heterocycles. The van der Waals surface area contributed by atoms with Gasteiger partial charge in [-0.15, -0.1) is 0 Å². The quantitative estimate of drug-likeness (QED) is 0.640. The zero-order valence-corrected chi connectivity index (χ0v) is 14.4. The zero-order chi connectivity index (χ0) is 18.2. The Balaban J connectivity index is 1.95. The summed E-state index contributed by atoms with van der Waals surface area (Å²) in [4.78, 5) is 37.1. The van der Waals surface area contributed by atoms with Crippen LogP contribution in [-0.2, 0) is 19.9 Å². The van der Waals surface area contributed by atoms with E-state index in [4.69, 9.17) is 4.74 Å². The van der Waals surface area contributed by atoms with Crippen molar-refractivity contribution in [1.82, 2.24) is 9.88 Å². The number of ether oxygens (including phenoxy) is 1. The molecule has 1 spiro atoms. The molecule has 1 aromatic rings. The van der Waals surface area contributed by atoms with Crippen LogP contribution in [0.3, 0.4) is 0 Å². The molecule has 2 heterocycles. The standard InChI is InChI=1S/C18H22N2O5/c1-3-25-17(24)11(2)19-16(23)13-14(21)12-7-6-10-20(12)18(15(13)22)8-4-5-9-18/h6-7,10-11,22H,3-5,8-9H2,1-2H3,(H,19,23)/t11-/m0/s1. The number of esters is 1. The molecule has 1 aliphatic carbocycles. The van der Waals surface area contributed by atoms with Gasteiger partial charge in [-0.25, -0.2) is 4.79 Å². The van der Waals surface area contributed by atoms with Crippen LogP contribution < -0.4 is 5.32 Å². The van der Waals surface area contributed by atoms with Gasteiger partial charge in [0.05, 0.1) is 12.3 Å². The molecule has 0 bridgehead atoms. The first kappa shape index (κ1) is 17.3. The van der Waals surface area contributed by atoms with Crippen LogP contribution in [0.4, 0.5) is 0 Å².